The summed E-state index contributed by atoms with van der Waals surface area (Å²) in [6.07, 6.45) is 0. The molecule has 0 spiro atoms. The molecule has 1 rings (SSSR count). The van der Waals surface area contributed by atoms with Crippen molar-refractivity contribution in [3.8, 4) is 0 Å². The van der Waals surface area contributed by atoms with E-state index in [1.54, 1.807) is 12.1 Å². The molecule has 0 radical (unpaired) electrons. The van der Waals surface area contributed by atoms with Gasteiger partial charge in [-0.05, 0) is 36.2 Å². The predicted octanol–water partition coefficient (Wildman–Crippen LogP) is 3.29. The second-order valence-corrected chi connectivity index (χ2v) is 5.83. The molecule has 0 aliphatic carbocycles. The van der Waals surface area contributed by atoms with Gasteiger partial charge in [0, 0.05) is 13.1 Å². The molecule has 4 heteroatoms. The number of hydrogen-bond acceptors (Lipinski definition) is 2. The van der Waals surface area contributed by atoms with Crippen molar-refractivity contribution in [1.29, 1.82) is 0 Å². The maximum absolute atomic E-state index is 13.1. The highest BCUT2D eigenvalue weighted by molar-refractivity contribution is 6.30. The molecule has 0 saturated carbocycles. The van der Waals surface area contributed by atoms with Crippen molar-refractivity contribution < 1.29 is 4.39 Å². The van der Waals surface area contributed by atoms with E-state index in [9.17, 15) is 4.39 Å². The average Bonchev–Trinajstić information content (AvgIpc) is 2.33. The van der Waals surface area contributed by atoms with Crippen molar-refractivity contribution in [2.75, 3.05) is 19.6 Å². The van der Waals surface area contributed by atoms with Crippen molar-refractivity contribution in [3.63, 3.8) is 0 Å². The molecule has 2 nitrogen and oxygen atoms in total. The third-order valence-corrected chi connectivity index (χ3v) is 3.33. The van der Waals surface area contributed by atoms with Crippen molar-refractivity contribution >= 4 is 11.6 Å². The van der Waals surface area contributed by atoms with Crippen LogP contribution in [-0.2, 0) is 6.54 Å². The fourth-order valence-electron chi connectivity index (χ4n) is 1.85. The van der Waals surface area contributed by atoms with Gasteiger partial charge < -0.3 is 5.73 Å². The van der Waals surface area contributed by atoms with Crippen LogP contribution in [0.4, 0.5) is 4.39 Å². The van der Waals surface area contributed by atoms with Crippen LogP contribution in [0.3, 0.4) is 0 Å². The highest BCUT2D eigenvalue weighted by Gasteiger charge is 2.19. The molecule has 2 N–H and O–H groups in total. The summed E-state index contributed by atoms with van der Waals surface area (Å²) in [5, 5.41) is 0.182. The van der Waals surface area contributed by atoms with Crippen LogP contribution in [-0.4, -0.2) is 24.5 Å². The van der Waals surface area contributed by atoms with Gasteiger partial charge in [-0.2, -0.15) is 0 Å². The largest absolute Gasteiger partial charge is 0.330 e. The molecule has 0 bridgehead atoms. The molecule has 0 unspecified atom stereocenters. The molecule has 0 saturated heterocycles. The van der Waals surface area contributed by atoms with Crippen LogP contribution in [0.15, 0.2) is 18.2 Å². The Morgan fingerprint density at radius 3 is 2.56 bits per heavy atom. The molecular weight excluding hydrogens is 251 g/mol. The zero-order chi connectivity index (χ0) is 13.8. The van der Waals surface area contributed by atoms with E-state index in [1.165, 1.54) is 6.07 Å². The number of nitrogens with zero attached hydrogens (tertiary/aromatic N) is 1. The minimum absolute atomic E-state index is 0.0832. The van der Waals surface area contributed by atoms with Gasteiger partial charge in [0.1, 0.15) is 5.82 Å². The van der Waals surface area contributed by atoms with E-state index in [-0.39, 0.29) is 16.3 Å². The average molecular weight is 273 g/mol. The second-order valence-electron chi connectivity index (χ2n) is 5.42. The first-order valence-corrected chi connectivity index (χ1v) is 6.62. The Morgan fingerprint density at radius 1 is 1.39 bits per heavy atom. The third kappa shape index (κ3) is 4.56. The van der Waals surface area contributed by atoms with Gasteiger partial charge in [0.05, 0.1) is 5.02 Å². The van der Waals surface area contributed by atoms with E-state index in [2.05, 4.69) is 25.7 Å². The van der Waals surface area contributed by atoms with Crippen LogP contribution in [0.1, 0.15) is 26.3 Å². The summed E-state index contributed by atoms with van der Waals surface area (Å²) in [4.78, 5) is 2.29. The molecule has 0 heterocycles. The standard InChI is InChI=1S/C14H22ClFN2/c1-4-18(10-14(2,3)9-17)8-11-5-6-13(16)12(15)7-11/h5-7H,4,8-10,17H2,1-3H3. The lowest BCUT2D eigenvalue weighted by Crippen LogP contribution is -2.38. The molecule has 0 amide bonds. The summed E-state index contributed by atoms with van der Waals surface area (Å²) >= 11 is 5.79. The van der Waals surface area contributed by atoms with Gasteiger partial charge in [-0.3, -0.25) is 4.90 Å². The van der Waals surface area contributed by atoms with Gasteiger partial charge in [-0.1, -0.05) is 38.4 Å². The Morgan fingerprint density at radius 2 is 2.06 bits per heavy atom. The fourth-order valence-corrected chi connectivity index (χ4v) is 2.05. The van der Waals surface area contributed by atoms with E-state index in [0.717, 1.165) is 25.2 Å². The molecule has 102 valence electrons. The van der Waals surface area contributed by atoms with Crippen molar-refractivity contribution in [2.45, 2.75) is 27.3 Å². The van der Waals surface area contributed by atoms with Crippen LogP contribution in [0, 0.1) is 11.2 Å². The summed E-state index contributed by atoms with van der Waals surface area (Å²) in [6, 6.07) is 4.88. The van der Waals surface area contributed by atoms with Gasteiger partial charge >= 0.3 is 0 Å². The SMILES string of the molecule is CCN(Cc1ccc(F)c(Cl)c1)CC(C)(C)CN. The fraction of sp³-hybridized carbons (Fsp3) is 0.571. The number of nitrogens with two attached hydrogens (primary N) is 1. The summed E-state index contributed by atoms with van der Waals surface area (Å²) in [5.41, 5.74) is 6.86. The van der Waals surface area contributed by atoms with Gasteiger partial charge in [0.2, 0.25) is 0 Å². The lowest BCUT2D eigenvalue weighted by molar-refractivity contribution is 0.183. The van der Waals surface area contributed by atoms with Gasteiger partial charge in [0.25, 0.3) is 0 Å². The van der Waals surface area contributed by atoms with Crippen LogP contribution in [0.5, 0.6) is 0 Å². The summed E-state index contributed by atoms with van der Waals surface area (Å²) < 4.78 is 13.1. The topological polar surface area (TPSA) is 29.3 Å². The number of benzene rings is 1. The zero-order valence-corrected chi connectivity index (χ0v) is 12.1. The smallest absolute Gasteiger partial charge is 0.141 e. The predicted molar refractivity (Wildman–Crippen MR) is 75.2 cm³/mol. The van der Waals surface area contributed by atoms with E-state index < -0.39 is 0 Å². The Labute approximate surface area is 114 Å². The van der Waals surface area contributed by atoms with Crippen LogP contribution >= 0.6 is 11.6 Å². The maximum Gasteiger partial charge on any atom is 0.141 e. The lowest BCUT2D eigenvalue weighted by Gasteiger charge is -2.31. The first-order valence-electron chi connectivity index (χ1n) is 6.24. The lowest BCUT2D eigenvalue weighted by atomic mass is 9.93. The molecule has 1 aromatic rings. The Kier molecular flexibility index (Phi) is 5.57. The Hall–Kier alpha value is -0.640. The first-order chi connectivity index (χ1) is 8.38. The molecule has 0 atom stereocenters. The van der Waals surface area contributed by atoms with Crippen molar-refractivity contribution in [2.24, 2.45) is 11.1 Å². The van der Waals surface area contributed by atoms with E-state index in [1.807, 2.05) is 0 Å². The van der Waals surface area contributed by atoms with Crippen molar-refractivity contribution in [3.05, 3.63) is 34.6 Å². The van der Waals surface area contributed by atoms with E-state index in [0.29, 0.717) is 6.54 Å². The molecule has 18 heavy (non-hydrogen) atoms. The first kappa shape index (κ1) is 15.4. The highest BCUT2D eigenvalue weighted by atomic mass is 35.5. The monoisotopic (exact) mass is 272 g/mol. The summed E-state index contributed by atoms with van der Waals surface area (Å²) in [7, 11) is 0. The number of hydrogen-bond donors (Lipinski definition) is 1. The Bertz CT molecular complexity index is 393. The van der Waals surface area contributed by atoms with E-state index in [4.69, 9.17) is 17.3 Å². The zero-order valence-electron chi connectivity index (χ0n) is 11.3. The summed E-state index contributed by atoms with van der Waals surface area (Å²) in [5.74, 6) is -0.370. The Balaban J connectivity index is 2.71. The van der Waals surface area contributed by atoms with Crippen molar-refractivity contribution in [1.82, 2.24) is 4.90 Å². The molecule has 1 aromatic carbocycles. The minimum atomic E-state index is -0.370. The quantitative estimate of drug-likeness (QED) is 0.861. The minimum Gasteiger partial charge on any atom is -0.330 e. The maximum atomic E-state index is 13.1. The molecule has 0 aliphatic heterocycles. The number of rotatable bonds is 6. The normalized spacial score (nSPS) is 12.2. The summed E-state index contributed by atoms with van der Waals surface area (Å²) in [6.45, 7) is 9.65. The van der Waals surface area contributed by atoms with Gasteiger partial charge in [0.15, 0.2) is 0 Å². The third-order valence-electron chi connectivity index (χ3n) is 3.04. The highest BCUT2D eigenvalue weighted by Crippen LogP contribution is 2.20. The number of halogens is 2. The van der Waals surface area contributed by atoms with Gasteiger partial charge in [-0.25, -0.2) is 4.39 Å². The van der Waals surface area contributed by atoms with Crippen LogP contribution < -0.4 is 5.73 Å². The molecule has 0 aliphatic rings. The molecule has 0 aromatic heterocycles. The second kappa shape index (κ2) is 6.50. The molecule has 0 fully saturated rings. The van der Waals surface area contributed by atoms with E-state index >= 15 is 0 Å². The van der Waals surface area contributed by atoms with Crippen LogP contribution in [0.25, 0.3) is 0 Å². The van der Waals surface area contributed by atoms with Crippen LogP contribution in [0.2, 0.25) is 5.02 Å². The molecular formula is C14H22ClFN2. The van der Waals surface area contributed by atoms with Gasteiger partial charge in [-0.15, -0.1) is 0 Å².